The Morgan fingerprint density at radius 3 is 1.50 bits per heavy atom. The summed E-state index contributed by atoms with van der Waals surface area (Å²) >= 11 is 0. The molecule has 0 aliphatic heterocycles. The van der Waals surface area contributed by atoms with Crippen LogP contribution in [-0.2, 0) is 41.6 Å². The summed E-state index contributed by atoms with van der Waals surface area (Å²) in [6.07, 6.45) is -0.438. The van der Waals surface area contributed by atoms with Crippen molar-refractivity contribution in [3.8, 4) is 0 Å². The third-order valence-electron chi connectivity index (χ3n) is 6.72. The molecule has 44 heavy (non-hydrogen) atoms. The Hall–Kier alpha value is -4.61. The Bertz CT molecular complexity index is 1270. The van der Waals surface area contributed by atoms with Crippen LogP contribution in [0.1, 0.15) is 51.2 Å². The molecule has 0 fully saturated rings. The first kappa shape index (κ1) is 35.6. The van der Waals surface area contributed by atoms with Gasteiger partial charge in [-0.25, -0.2) is 4.39 Å². The van der Waals surface area contributed by atoms with Crippen LogP contribution in [0.2, 0.25) is 0 Å². The summed E-state index contributed by atoms with van der Waals surface area (Å²) in [7, 11) is 0. The number of carboxylic acid groups (broad SMARTS) is 1. The number of hydrogen-bond donors (Lipinski definition) is 5. The quantitative estimate of drug-likeness (QED) is 0.171. The van der Waals surface area contributed by atoms with Gasteiger partial charge in [-0.2, -0.15) is 0 Å². The van der Waals surface area contributed by atoms with Crippen molar-refractivity contribution in [2.75, 3.05) is 6.67 Å². The lowest BCUT2D eigenvalue weighted by atomic mass is 10.00. The first-order valence-corrected chi connectivity index (χ1v) is 14.5. The fourth-order valence-corrected chi connectivity index (χ4v) is 4.56. The Labute approximate surface area is 256 Å². The van der Waals surface area contributed by atoms with Crippen LogP contribution in [0.25, 0.3) is 0 Å². The van der Waals surface area contributed by atoms with Crippen LogP contribution in [0.4, 0.5) is 4.39 Å². The number of carbonyl (C=O) groups excluding carboxylic acids is 5. The Kier molecular flexibility index (Phi) is 14.7. The van der Waals surface area contributed by atoms with Crippen LogP contribution < -0.4 is 21.3 Å². The van der Waals surface area contributed by atoms with Gasteiger partial charge in [0, 0.05) is 26.2 Å². The summed E-state index contributed by atoms with van der Waals surface area (Å²) in [6.45, 7) is 3.66. The Morgan fingerprint density at radius 1 is 0.682 bits per heavy atom. The smallest absolute Gasteiger partial charge is 0.303 e. The molecule has 0 aliphatic rings. The van der Waals surface area contributed by atoms with Crippen molar-refractivity contribution >= 4 is 35.4 Å². The average Bonchev–Trinajstić information content (AvgIpc) is 2.98. The van der Waals surface area contributed by atoms with Crippen LogP contribution in [0.5, 0.6) is 0 Å². The van der Waals surface area contributed by atoms with E-state index in [9.17, 15) is 33.2 Å². The zero-order valence-corrected chi connectivity index (χ0v) is 25.2. The maximum Gasteiger partial charge on any atom is 0.303 e. The molecule has 4 atom stereocenters. The lowest BCUT2D eigenvalue weighted by molar-refractivity contribution is -0.138. The van der Waals surface area contributed by atoms with E-state index in [1.165, 1.54) is 6.92 Å². The van der Waals surface area contributed by atoms with E-state index in [4.69, 9.17) is 5.11 Å². The summed E-state index contributed by atoms with van der Waals surface area (Å²) in [5.41, 5.74) is 1.39. The zero-order chi connectivity index (χ0) is 32.6. The van der Waals surface area contributed by atoms with Crippen LogP contribution in [0.3, 0.4) is 0 Å². The highest BCUT2D eigenvalue weighted by Crippen LogP contribution is 2.10. The molecule has 2 rings (SSSR count). The number of carbonyl (C=O) groups is 6. The van der Waals surface area contributed by atoms with Crippen molar-refractivity contribution in [2.24, 2.45) is 5.92 Å². The van der Waals surface area contributed by atoms with E-state index in [0.717, 1.165) is 5.56 Å². The van der Waals surface area contributed by atoms with Gasteiger partial charge >= 0.3 is 5.97 Å². The number of ketones is 1. The second kappa shape index (κ2) is 18.1. The number of aliphatic carboxylic acids is 1. The molecule has 0 aliphatic carbocycles. The van der Waals surface area contributed by atoms with E-state index in [0.29, 0.717) is 12.0 Å². The first-order valence-electron chi connectivity index (χ1n) is 14.5. The van der Waals surface area contributed by atoms with Gasteiger partial charge < -0.3 is 26.4 Å². The van der Waals surface area contributed by atoms with Gasteiger partial charge in [0.15, 0.2) is 5.78 Å². The summed E-state index contributed by atoms with van der Waals surface area (Å²) in [5.74, 6) is -4.67. The van der Waals surface area contributed by atoms with E-state index < -0.39 is 72.6 Å². The molecule has 11 nitrogen and oxygen atoms in total. The predicted octanol–water partition coefficient (Wildman–Crippen LogP) is 1.88. The molecule has 0 radical (unpaired) electrons. The van der Waals surface area contributed by atoms with E-state index in [1.807, 2.05) is 13.8 Å². The second-order valence-corrected chi connectivity index (χ2v) is 11.0. The topological polar surface area (TPSA) is 171 Å². The summed E-state index contributed by atoms with van der Waals surface area (Å²) < 4.78 is 13.2. The molecular formula is C32H41FN4O7. The van der Waals surface area contributed by atoms with Crippen molar-refractivity contribution in [3.63, 3.8) is 0 Å². The highest BCUT2D eigenvalue weighted by molar-refractivity contribution is 5.96. The van der Waals surface area contributed by atoms with Crippen molar-refractivity contribution in [1.82, 2.24) is 21.3 Å². The molecule has 4 amide bonds. The molecular weight excluding hydrogens is 571 g/mol. The predicted molar refractivity (Wildman–Crippen MR) is 161 cm³/mol. The lowest BCUT2D eigenvalue weighted by Crippen LogP contribution is -2.58. The minimum absolute atomic E-state index is 0.0122. The van der Waals surface area contributed by atoms with Crippen molar-refractivity contribution in [3.05, 3.63) is 71.8 Å². The number of alkyl halides is 1. The van der Waals surface area contributed by atoms with Gasteiger partial charge in [0.1, 0.15) is 24.8 Å². The highest BCUT2D eigenvalue weighted by atomic mass is 19.1. The molecule has 0 heterocycles. The lowest BCUT2D eigenvalue weighted by Gasteiger charge is -2.27. The molecule has 0 saturated heterocycles. The number of amides is 4. The van der Waals surface area contributed by atoms with E-state index in [1.54, 1.807) is 60.7 Å². The SMILES string of the molecule is CC(=O)N[C@@H](CC(C)C)C(=O)N[C@@H](Cc1ccccc1)C(=O)N[C@@H](Cc1ccccc1)C(=O)N[C@@H](CCC(=O)O)C(=O)CF. The van der Waals surface area contributed by atoms with Crippen LogP contribution >= 0.6 is 0 Å². The minimum Gasteiger partial charge on any atom is -0.481 e. The largest absolute Gasteiger partial charge is 0.481 e. The van der Waals surface area contributed by atoms with Gasteiger partial charge in [-0.1, -0.05) is 74.5 Å². The van der Waals surface area contributed by atoms with Gasteiger partial charge in [0.05, 0.1) is 6.04 Å². The van der Waals surface area contributed by atoms with Crippen LogP contribution in [0.15, 0.2) is 60.7 Å². The maximum absolute atomic E-state index is 13.7. The van der Waals surface area contributed by atoms with Crippen molar-refractivity contribution < 1.29 is 38.3 Å². The van der Waals surface area contributed by atoms with E-state index >= 15 is 0 Å². The summed E-state index contributed by atoms with van der Waals surface area (Å²) in [6, 6.07) is 12.9. The maximum atomic E-state index is 13.7. The molecule has 0 unspecified atom stereocenters. The Morgan fingerprint density at radius 2 is 1.11 bits per heavy atom. The molecule has 12 heteroatoms. The number of Topliss-reactive ketones (excluding diaryl/α,β-unsaturated/α-hetero) is 1. The fourth-order valence-electron chi connectivity index (χ4n) is 4.56. The molecule has 0 bridgehead atoms. The molecule has 2 aromatic carbocycles. The normalized spacial score (nSPS) is 13.6. The molecule has 0 saturated carbocycles. The minimum atomic E-state index is -1.41. The van der Waals surface area contributed by atoms with Gasteiger partial charge in [0.2, 0.25) is 23.6 Å². The van der Waals surface area contributed by atoms with Gasteiger partial charge in [-0.15, -0.1) is 0 Å². The number of halogens is 1. The third-order valence-corrected chi connectivity index (χ3v) is 6.72. The molecule has 5 N–H and O–H groups in total. The number of rotatable bonds is 18. The number of carboxylic acids is 1. The van der Waals surface area contributed by atoms with Crippen molar-refractivity contribution in [1.29, 1.82) is 0 Å². The first-order chi connectivity index (χ1) is 20.9. The molecule has 0 spiro atoms. The van der Waals surface area contributed by atoms with Crippen LogP contribution in [0, 0.1) is 5.92 Å². The van der Waals surface area contributed by atoms with E-state index in [-0.39, 0.29) is 25.2 Å². The summed E-state index contributed by atoms with van der Waals surface area (Å²) in [5, 5.41) is 19.4. The molecule has 238 valence electrons. The number of nitrogens with one attached hydrogen (secondary N) is 4. The third kappa shape index (κ3) is 12.7. The number of benzene rings is 2. The van der Waals surface area contributed by atoms with Gasteiger partial charge in [-0.3, -0.25) is 28.8 Å². The van der Waals surface area contributed by atoms with Gasteiger partial charge in [-0.05, 0) is 29.9 Å². The fraction of sp³-hybridized carbons (Fsp3) is 0.438. The van der Waals surface area contributed by atoms with Crippen molar-refractivity contribution in [2.45, 2.75) is 77.0 Å². The van der Waals surface area contributed by atoms with Crippen LogP contribution in [-0.4, -0.2) is 71.3 Å². The average molecular weight is 613 g/mol. The second-order valence-electron chi connectivity index (χ2n) is 11.0. The Balaban J connectivity index is 2.37. The van der Waals surface area contributed by atoms with Gasteiger partial charge in [0.25, 0.3) is 0 Å². The zero-order valence-electron chi connectivity index (χ0n) is 25.2. The monoisotopic (exact) mass is 612 g/mol. The highest BCUT2D eigenvalue weighted by Gasteiger charge is 2.32. The standard InChI is InChI=1S/C32H41FN4O7/c1-20(2)16-25(34-21(3)38)30(42)36-27(18-23-12-8-5-9-13-23)32(44)37-26(17-22-10-6-4-7-11-22)31(43)35-24(28(39)19-33)14-15-29(40)41/h4-13,20,24-27H,14-19H2,1-3H3,(H,34,38)(H,35,43)(H,36,42)(H,37,44)(H,40,41)/t24-,25-,26-,27-/m0/s1. The number of hydrogen-bond acceptors (Lipinski definition) is 6. The summed E-state index contributed by atoms with van der Waals surface area (Å²) in [4.78, 5) is 75.5. The molecule has 0 aromatic heterocycles. The molecule has 2 aromatic rings. The van der Waals surface area contributed by atoms with E-state index in [2.05, 4.69) is 21.3 Å².